The number of fused-ring (bicyclic) bond motifs is 3. The average molecular weight is 335 g/mol. The van der Waals surface area contributed by atoms with E-state index in [4.69, 9.17) is 9.47 Å². The van der Waals surface area contributed by atoms with Crippen molar-refractivity contribution in [2.45, 2.75) is 83.8 Å². The number of ether oxygens (including phenoxy) is 2. The molecule has 0 aromatic rings. The van der Waals surface area contributed by atoms with Crippen LogP contribution in [-0.2, 0) is 14.3 Å². The van der Waals surface area contributed by atoms with Gasteiger partial charge in [0, 0.05) is 0 Å². The lowest BCUT2D eigenvalue weighted by molar-refractivity contribution is -0.255. The zero-order chi connectivity index (χ0) is 17.8. The fourth-order valence-corrected chi connectivity index (χ4v) is 6.67. The molecule has 24 heavy (non-hydrogen) atoms. The molecule has 3 rings (SSSR count). The maximum absolute atomic E-state index is 12.6. The molecule has 1 saturated heterocycles. The topological polar surface area (TPSA) is 35.5 Å². The second kappa shape index (κ2) is 5.59. The van der Waals surface area contributed by atoms with E-state index >= 15 is 0 Å². The number of rotatable bonds is 2. The van der Waals surface area contributed by atoms with Crippen LogP contribution in [0.5, 0.6) is 0 Å². The lowest BCUT2D eigenvalue weighted by atomic mass is 9.44. The summed E-state index contributed by atoms with van der Waals surface area (Å²) in [6, 6.07) is 0. The highest BCUT2D eigenvalue weighted by atomic mass is 16.5. The van der Waals surface area contributed by atoms with E-state index in [1.807, 2.05) is 6.08 Å². The number of hydrogen-bond acceptors (Lipinski definition) is 3. The first kappa shape index (κ1) is 18.0. The molecular weight excluding hydrogens is 300 g/mol. The molecule has 6 atom stereocenters. The van der Waals surface area contributed by atoms with Crippen LogP contribution in [0.25, 0.3) is 0 Å². The van der Waals surface area contributed by atoms with Gasteiger partial charge >= 0.3 is 5.97 Å². The minimum Gasteiger partial charge on any atom is -0.469 e. The number of carbonyl (C=O) groups is 1. The molecule has 2 saturated carbocycles. The molecule has 3 nitrogen and oxygen atoms in total. The van der Waals surface area contributed by atoms with Gasteiger partial charge in [0.1, 0.15) is 0 Å². The fraction of sp³-hybridized carbons (Fsp3) is 0.857. The number of methoxy groups -OCH3 is 1. The minimum absolute atomic E-state index is 0.0188. The smallest absolute Gasteiger partial charge is 0.311 e. The van der Waals surface area contributed by atoms with Crippen LogP contribution in [0.15, 0.2) is 12.7 Å². The van der Waals surface area contributed by atoms with Gasteiger partial charge in [0.25, 0.3) is 0 Å². The van der Waals surface area contributed by atoms with Crippen molar-refractivity contribution in [3.8, 4) is 0 Å². The quantitative estimate of drug-likeness (QED) is 0.532. The summed E-state index contributed by atoms with van der Waals surface area (Å²) in [6.07, 6.45) is 9.47. The summed E-state index contributed by atoms with van der Waals surface area (Å²) in [7, 11) is 1.53. The Morgan fingerprint density at radius 3 is 2.38 bits per heavy atom. The van der Waals surface area contributed by atoms with Crippen molar-refractivity contribution in [3.63, 3.8) is 0 Å². The third-order valence-electron chi connectivity index (χ3n) is 7.92. The van der Waals surface area contributed by atoms with Gasteiger partial charge in [-0.05, 0) is 76.5 Å². The van der Waals surface area contributed by atoms with Crippen molar-refractivity contribution >= 4 is 5.97 Å². The number of hydrogen-bond donors (Lipinski definition) is 0. The SMILES string of the molecule is C=C[C@@]1(C)CC[C@@H]2[C@@]3(C)CCC[C@](C)(C(=O)OC)[C@@H]3CC[C@@]2(C)O1. The first-order valence-electron chi connectivity index (χ1n) is 9.56. The van der Waals surface area contributed by atoms with Gasteiger partial charge in [-0.3, -0.25) is 4.79 Å². The van der Waals surface area contributed by atoms with Gasteiger partial charge in [0.15, 0.2) is 0 Å². The van der Waals surface area contributed by atoms with Crippen molar-refractivity contribution < 1.29 is 14.3 Å². The Morgan fingerprint density at radius 2 is 1.75 bits per heavy atom. The third kappa shape index (κ3) is 2.38. The van der Waals surface area contributed by atoms with Crippen molar-refractivity contribution in [2.75, 3.05) is 7.11 Å². The highest BCUT2D eigenvalue weighted by Crippen LogP contribution is 2.65. The number of carbonyl (C=O) groups excluding carboxylic acids is 1. The van der Waals surface area contributed by atoms with E-state index in [1.165, 1.54) is 13.5 Å². The fourth-order valence-electron chi connectivity index (χ4n) is 6.67. The minimum atomic E-state index is -0.345. The molecule has 0 spiro atoms. The monoisotopic (exact) mass is 334 g/mol. The van der Waals surface area contributed by atoms with Crippen LogP contribution < -0.4 is 0 Å². The molecule has 2 aliphatic carbocycles. The Labute approximate surface area is 147 Å². The van der Waals surface area contributed by atoms with Crippen LogP contribution in [0.2, 0.25) is 0 Å². The lowest BCUT2D eigenvalue weighted by Crippen LogP contribution is -2.63. The van der Waals surface area contributed by atoms with Crippen LogP contribution in [0.4, 0.5) is 0 Å². The molecule has 1 aliphatic heterocycles. The third-order valence-corrected chi connectivity index (χ3v) is 7.92. The largest absolute Gasteiger partial charge is 0.469 e. The molecule has 3 aliphatic rings. The molecule has 1 heterocycles. The van der Waals surface area contributed by atoms with Crippen molar-refractivity contribution in [1.29, 1.82) is 0 Å². The zero-order valence-electron chi connectivity index (χ0n) is 16.1. The first-order chi connectivity index (χ1) is 11.1. The standard InChI is InChI=1S/C21H34O3/c1-7-18(2)13-9-16-19(3)11-8-12-20(4,17(22)23-6)15(19)10-14-21(16,5)24-18/h7,15-16H,1,8-14H2,2-6H3/t15-,16-,18+,19+,20+,21-/m1/s1. The summed E-state index contributed by atoms with van der Waals surface area (Å²) < 4.78 is 11.9. The van der Waals surface area contributed by atoms with Gasteiger partial charge in [0.05, 0.1) is 23.7 Å². The van der Waals surface area contributed by atoms with E-state index in [9.17, 15) is 4.79 Å². The molecule has 3 fully saturated rings. The lowest BCUT2D eigenvalue weighted by Gasteiger charge is -2.64. The first-order valence-corrected chi connectivity index (χ1v) is 9.56. The Hall–Kier alpha value is -0.830. The van der Waals surface area contributed by atoms with Crippen LogP contribution >= 0.6 is 0 Å². The van der Waals surface area contributed by atoms with Crippen molar-refractivity contribution in [1.82, 2.24) is 0 Å². The van der Waals surface area contributed by atoms with Gasteiger partial charge in [-0.1, -0.05) is 19.4 Å². The summed E-state index contributed by atoms with van der Waals surface area (Å²) >= 11 is 0. The maximum atomic E-state index is 12.6. The molecule has 3 heteroatoms. The van der Waals surface area contributed by atoms with Crippen LogP contribution in [0, 0.1) is 22.7 Å². The van der Waals surface area contributed by atoms with Crippen LogP contribution in [0.3, 0.4) is 0 Å². The second-order valence-corrected chi connectivity index (χ2v) is 9.38. The summed E-state index contributed by atoms with van der Waals surface area (Å²) in [5.74, 6) is 0.872. The summed E-state index contributed by atoms with van der Waals surface area (Å²) in [5, 5.41) is 0. The molecule has 0 aromatic heterocycles. The molecule has 0 radical (unpaired) electrons. The van der Waals surface area contributed by atoms with Crippen molar-refractivity contribution in [3.05, 3.63) is 12.7 Å². The van der Waals surface area contributed by atoms with Crippen molar-refractivity contribution in [2.24, 2.45) is 22.7 Å². The van der Waals surface area contributed by atoms with Crippen LogP contribution in [0.1, 0.15) is 72.6 Å². The Balaban J connectivity index is 1.96. The molecule has 136 valence electrons. The van der Waals surface area contributed by atoms with Gasteiger partial charge in [-0.15, -0.1) is 6.58 Å². The average Bonchev–Trinajstić information content (AvgIpc) is 2.52. The van der Waals surface area contributed by atoms with Crippen LogP contribution in [-0.4, -0.2) is 24.3 Å². The predicted molar refractivity (Wildman–Crippen MR) is 95.6 cm³/mol. The predicted octanol–water partition coefficient (Wildman–Crippen LogP) is 4.90. The molecule has 0 unspecified atom stereocenters. The second-order valence-electron chi connectivity index (χ2n) is 9.38. The zero-order valence-corrected chi connectivity index (χ0v) is 16.1. The molecule has 0 bridgehead atoms. The Kier molecular flexibility index (Phi) is 4.18. The summed E-state index contributed by atoms with van der Waals surface area (Å²) in [5.41, 5.74) is -0.519. The highest BCUT2D eigenvalue weighted by Gasteiger charge is 2.63. The van der Waals surface area contributed by atoms with E-state index in [1.54, 1.807) is 0 Å². The number of esters is 1. The van der Waals surface area contributed by atoms with E-state index in [0.717, 1.165) is 38.5 Å². The highest BCUT2D eigenvalue weighted by molar-refractivity contribution is 5.77. The van der Waals surface area contributed by atoms with E-state index in [2.05, 4.69) is 34.3 Å². The van der Waals surface area contributed by atoms with E-state index in [0.29, 0.717) is 11.8 Å². The molecule has 0 amide bonds. The van der Waals surface area contributed by atoms with Gasteiger partial charge < -0.3 is 9.47 Å². The van der Waals surface area contributed by atoms with Gasteiger partial charge in [-0.2, -0.15) is 0 Å². The Morgan fingerprint density at radius 1 is 1.08 bits per heavy atom. The van der Waals surface area contributed by atoms with Gasteiger partial charge in [-0.25, -0.2) is 0 Å². The van der Waals surface area contributed by atoms with Gasteiger partial charge in [0.2, 0.25) is 0 Å². The summed E-state index contributed by atoms with van der Waals surface area (Å²) in [6.45, 7) is 13.0. The molecular formula is C21H34O3. The Bertz CT molecular complexity index is 543. The van der Waals surface area contributed by atoms with E-state index < -0.39 is 0 Å². The molecule has 0 N–H and O–H groups in total. The van der Waals surface area contributed by atoms with E-state index in [-0.39, 0.29) is 28.0 Å². The molecule has 0 aromatic carbocycles. The normalized spacial score (nSPS) is 51.2. The maximum Gasteiger partial charge on any atom is 0.311 e. The summed E-state index contributed by atoms with van der Waals surface area (Å²) in [4.78, 5) is 12.6.